The Hall–Kier alpha value is -0.790. The third-order valence-corrected chi connectivity index (χ3v) is 1.87. The van der Waals surface area contributed by atoms with Gasteiger partial charge in [0.25, 0.3) is 0 Å². The standard InChI is InChI=1S/C7H11N2/c1-2-5-9-7-3-6-8(9)4-1/h3,6-7H,1-2,4-5H2/q+1. The Kier molecular flexibility index (Phi) is 1.04. The normalized spacial score (nSPS) is 17.3. The highest BCUT2D eigenvalue weighted by molar-refractivity contribution is 4.72. The third-order valence-electron chi connectivity index (χ3n) is 1.87. The Morgan fingerprint density at radius 3 is 3.22 bits per heavy atom. The van der Waals surface area contributed by atoms with Crippen LogP contribution in [0, 0.1) is 0 Å². The fraction of sp³-hybridized carbons (Fsp3) is 0.571. The van der Waals surface area contributed by atoms with Crippen molar-refractivity contribution in [2.24, 2.45) is 0 Å². The van der Waals surface area contributed by atoms with Gasteiger partial charge in [-0.1, -0.05) is 0 Å². The number of fused-ring (bicyclic) bond motifs is 1. The van der Waals surface area contributed by atoms with Gasteiger partial charge in [-0.15, -0.1) is 4.68 Å². The van der Waals surface area contributed by atoms with Crippen molar-refractivity contribution in [2.75, 3.05) is 0 Å². The van der Waals surface area contributed by atoms with E-state index in [0.29, 0.717) is 0 Å². The Morgan fingerprint density at radius 2 is 2.33 bits per heavy atom. The van der Waals surface area contributed by atoms with Gasteiger partial charge in [-0.05, 0) is 6.42 Å². The molecule has 1 aliphatic heterocycles. The molecule has 2 nitrogen and oxygen atoms in total. The first-order valence-electron chi connectivity index (χ1n) is 3.52. The number of hydrogen-bond donors (Lipinski definition) is 0. The molecule has 1 aromatic rings. The lowest BCUT2D eigenvalue weighted by molar-refractivity contribution is -0.781. The second kappa shape index (κ2) is 1.87. The second-order valence-corrected chi connectivity index (χ2v) is 2.52. The molecule has 0 aromatic carbocycles. The van der Waals surface area contributed by atoms with Crippen LogP contribution in [0.4, 0.5) is 0 Å². The van der Waals surface area contributed by atoms with Gasteiger partial charge in [-0.25, -0.2) is 0 Å². The van der Waals surface area contributed by atoms with E-state index in [-0.39, 0.29) is 0 Å². The molecule has 1 aliphatic rings. The molecule has 48 valence electrons. The van der Waals surface area contributed by atoms with Gasteiger partial charge >= 0.3 is 0 Å². The van der Waals surface area contributed by atoms with Gasteiger partial charge in [0.2, 0.25) is 0 Å². The van der Waals surface area contributed by atoms with Gasteiger partial charge in [0.1, 0.15) is 0 Å². The van der Waals surface area contributed by atoms with E-state index >= 15 is 0 Å². The summed E-state index contributed by atoms with van der Waals surface area (Å²) in [6.07, 6.45) is 6.96. The molecule has 0 saturated carbocycles. The smallest absolute Gasteiger partial charge is 0.161 e. The predicted molar refractivity (Wildman–Crippen MR) is 33.9 cm³/mol. The largest absolute Gasteiger partial charge is 0.195 e. The van der Waals surface area contributed by atoms with Gasteiger partial charge in [0.15, 0.2) is 12.7 Å². The SMILES string of the molecule is c1cn2[n+](c1)CCCC2. The predicted octanol–water partition coefficient (Wildman–Crippen LogP) is 0.569. The summed E-state index contributed by atoms with van der Waals surface area (Å²) in [5.41, 5.74) is 0. The van der Waals surface area contributed by atoms with Crippen LogP contribution in [0.15, 0.2) is 18.5 Å². The van der Waals surface area contributed by atoms with Crippen LogP contribution in [0.5, 0.6) is 0 Å². The van der Waals surface area contributed by atoms with Crippen LogP contribution in [0.2, 0.25) is 0 Å². The zero-order chi connectivity index (χ0) is 6.10. The molecule has 0 radical (unpaired) electrons. The average Bonchev–Trinajstić information content (AvgIpc) is 2.33. The quantitative estimate of drug-likeness (QED) is 0.446. The molecule has 0 fully saturated rings. The molecule has 9 heavy (non-hydrogen) atoms. The fourth-order valence-electron chi connectivity index (χ4n) is 1.36. The molecule has 0 bridgehead atoms. The Labute approximate surface area is 54.7 Å². The van der Waals surface area contributed by atoms with Crippen LogP contribution < -0.4 is 4.68 Å². The molecule has 2 heterocycles. The van der Waals surface area contributed by atoms with E-state index in [4.69, 9.17) is 0 Å². The highest BCUT2D eigenvalue weighted by atomic mass is 15.4. The van der Waals surface area contributed by atoms with Crippen molar-refractivity contribution in [3.8, 4) is 0 Å². The summed E-state index contributed by atoms with van der Waals surface area (Å²) < 4.78 is 4.53. The van der Waals surface area contributed by atoms with E-state index in [2.05, 4.69) is 27.8 Å². The molecule has 0 unspecified atom stereocenters. The summed E-state index contributed by atoms with van der Waals surface area (Å²) in [5, 5.41) is 0. The summed E-state index contributed by atoms with van der Waals surface area (Å²) in [5.74, 6) is 0. The molecular formula is C7H11N2+. The monoisotopic (exact) mass is 123 g/mol. The zero-order valence-corrected chi connectivity index (χ0v) is 5.45. The van der Waals surface area contributed by atoms with Crippen molar-refractivity contribution in [3.05, 3.63) is 18.5 Å². The van der Waals surface area contributed by atoms with Crippen molar-refractivity contribution >= 4 is 0 Å². The first-order valence-corrected chi connectivity index (χ1v) is 3.52. The molecule has 0 atom stereocenters. The topological polar surface area (TPSA) is 8.81 Å². The summed E-state index contributed by atoms with van der Waals surface area (Å²) in [6.45, 7) is 2.40. The van der Waals surface area contributed by atoms with E-state index in [1.165, 1.54) is 25.9 Å². The van der Waals surface area contributed by atoms with Crippen LogP contribution in [-0.4, -0.2) is 4.68 Å². The Bertz CT molecular complexity index is 182. The second-order valence-electron chi connectivity index (χ2n) is 2.52. The average molecular weight is 123 g/mol. The van der Waals surface area contributed by atoms with Crippen molar-refractivity contribution in [1.82, 2.24) is 4.68 Å². The first-order chi connectivity index (χ1) is 4.47. The molecule has 0 spiro atoms. The van der Waals surface area contributed by atoms with Gasteiger partial charge in [0.05, 0.1) is 12.7 Å². The van der Waals surface area contributed by atoms with Crippen LogP contribution in [0.25, 0.3) is 0 Å². The minimum atomic E-state index is 1.20. The van der Waals surface area contributed by atoms with Crippen LogP contribution >= 0.6 is 0 Å². The lowest BCUT2D eigenvalue weighted by Crippen LogP contribution is -2.45. The number of aryl methyl sites for hydroxylation is 2. The maximum Gasteiger partial charge on any atom is 0.195 e. The van der Waals surface area contributed by atoms with E-state index in [9.17, 15) is 0 Å². The number of hydrogen-bond acceptors (Lipinski definition) is 0. The summed E-state index contributed by atoms with van der Waals surface area (Å²) in [7, 11) is 0. The summed E-state index contributed by atoms with van der Waals surface area (Å²) >= 11 is 0. The van der Waals surface area contributed by atoms with E-state index in [1.807, 2.05) is 0 Å². The molecular weight excluding hydrogens is 112 g/mol. The lowest BCUT2D eigenvalue weighted by Gasteiger charge is -2.06. The number of aromatic nitrogens is 2. The van der Waals surface area contributed by atoms with Gasteiger partial charge < -0.3 is 0 Å². The maximum absolute atomic E-state index is 2.27. The fourth-order valence-corrected chi connectivity index (χ4v) is 1.36. The minimum Gasteiger partial charge on any atom is -0.161 e. The van der Waals surface area contributed by atoms with Gasteiger partial charge in [0, 0.05) is 12.5 Å². The van der Waals surface area contributed by atoms with Crippen molar-refractivity contribution in [2.45, 2.75) is 25.9 Å². The van der Waals surface area contributed by atoms with E-state index in [0.717, 1.165) is 0 Å². The molecule has 0 saturated heterocycles. The van der Waals surface area contributed by atoms with Crippen LogP contribution in [0.1, 0.15) is 12.8 Å². The first kappa shape index (κ1) is 5.03. The molecule has 2 rings (SSSR count). The van der Waals surface area contributed by atoms with Crippen LogP contribution in [-0.2, 0) is 13.1 Å². The lowest BCUT2D eigenvalue weighted by atomic mass is 10.3. The summed E-state index contributed by atoms with van der Waals surface area (Å²) in [4.78, 5) is 0. The van der Waals surface area contributed by atoms with E-state index in [1.54, 1.807) is 0 Å². The van der Waals surface area contributed by atoms with Crippen molar-refractivity contribution in [3.63, 3.8) is 0 Å². The molecule has 2 heteroatoms. The maximum atomic E-state index is 2.27. The van der Waals surface area contributed by atoms with Crippen LogP contribution in [0.3, 0.4) is 0 Å². The highest BCUT2D eigenvalue weighted by Crippen LogP contribution is 1.98. The van der Waals surface area contributed by atoms with Gasteiger partial charge in [-0.3, -0.25) is 0 Å². The molecule has 0 N–H and O–H groups in total. The molecule has 1 aromatic heterocycles. The van der Waals surface area contributed by atoms with Crippen molar-refractivity contribution < 1.29 is 4.68 Å². The highest BCUT2D eigenvalue weighted by Gasteiger charge is 2.11. The number of nitrogens with zero attached hydrogens (tertiary/aromatic N) is 2. The van der Waals surface area contributed by atoms with E-state index < -0.39 is 0 Å². The van der Waals surface area contributed by atoms with Gasteiger partial charge in [-0.2, -0.15) is 4.68 Å². The Morgan fingerprint density at radius 1 is 1.33 bits per heavy atom. The number of rotatable bonds is 0. The Balaban J connectivity index is 2.39. The third kappa shape index (κ3) is 0.745. The molecule has 0 amide bonds. The summed E-state index contributed by atoms with van der Waals surface area (Å²) in [6, 6.07) is 2.10. The molecule has 0 aliphatic carbocycles. The zero-order valence-electron chi connectivity index (χ0n) is 5.45. The minimum absolute atomic E-state index is 1.20. The van der Waals surface area contributed by atoms with Crippen molar-refractivity contribution in [1.29, 1.82) is 0 Å².